The second-order valence-electron chi connectivity index (χ2n) is 8.17. The first-order valence-corrected chi connectivity index (χ1v) is 10.6. The molecule has 2 N–H and O–H groups in total. The van der Waals surface area contributed by atoms with Gasteiger partial charge >= 0.3 is 6.09 Å². The summed E-state index contributed by atoms with van der Waals surface area (Å²) in [5.41, 5.74) is 1.52. The number of rotatable bonds is 9. The zero-order valence-corrected chi connectivity index (χ0v) is 19.5. The molecule has 2 aromatic carbocycles. The van der Waals surface area contributed by atoms with Gasteiger partial charge in [-0.05, 0) is 53.8 Å². The molecule has 3 aromatic rings. The van der Waals surface area contributed by atoms with Crippen molar-refractivity contribution < 1.29 is 19.4 Å². The van der Waals surface area contributed by atoms with Gasteiger partial charge in [-0.2, -0.15) is 0 Å². The molecule has 0 aliphatic rings. The fourth-order valence-corrected chi connectivity index (χ4v) is 3.53. The van der Waals surface area contributed by atoms with E-state index in [1.54, 1.807) is 55.7 Å². The number of aromatic hydroxyl groups is 1. The maximum atomic E-state index is 13.4. The van der Waals surface area contributed by atoms with Crippen LogP contribution in [-0.4, -0.2) is 27.5 Å². The van der Waals surface area contributed by atoms with E-state index in [0.29, 0.717) is 0 Å². The Morgan fingerprint density at radius 3 is 2.27 bits per heavy atom. The van der Waals surface area contributed by atoms with E-state index in [2.05, 4.69) is 10.3 Å². The molecule has 0 unspecified atom stereocenters. The van der Waals surface area contributed by atoms with Crippen LogP contribution in [0.15, 0.2) is 79.1 Å². The second-order valence-corrected chi connectivity index (χ2v) is 8.17. The largest absolute Gasteiger partial charge is 0.508 e. The van der Waals surface area contributed by atoms with Crippen LogP contribution in [-0.2, 0) is 22.6 Å². The van der Waals surface area contributed by atoms with Crippen LogP contribution in [0.2, 0.25) is 0 Å². The lowest BCUT2D eigenvalue weighted by atomic mass is 9.83. The molecule has 0 fully saturated rings. The molecule has 0 spiro atoms. The highest BCUT2D eigenvalue weighted by molar-refractivity contribution is 5.92. The zero-order chi connectivity index (χ0) is 23.0. The molecule has 0 aliphatic carbocycles. The van der Waals surface area contributed by atoms with Crippen molar-refractivity contribution in [2.24, 2.45) is 0 Å². The van der Waals surface area contributed by atoms with Crippen molar-refractivity contribution in [3.05, 3.63) is 95.8 Å². The van der Waals surface area contributed by atoms with Crippen molar-refractivity contribution in [3.63, 3.8) is 0 Å². The number of nitrogens with one attached hydrogen (secondary N) is 1. The number of phenols is 1. The predicted molar refractivity (Wildman–Crippen MR) is 130 cm³/mol. The summed E-state index contributed by atoms with van der Waals surface area (Å²) in [5.74, 6) is 0.0458. The summed E-state index contributed by atoms with van der Waals surface area (Å²) in [6.45, 7) is 3.79. The van der Waals surface area contributed by atoms with Crippen molar-refractivity contribution in [1.82, 2.24) is 10.3 Å². The van der Waals surface area contributed by atoms with Crippen molar-refractivity contribution >= 4 is 24.3 Å². The summed E-state index contributed by atoms with van der Waals surface area (Å²) < 4.78 is 5.35. The first-order valence-electron chi connectivity index (χ1n) is 10.6. The summed E-state index contributed by atoms with van der Waals surface area (Å²) in [4.78, 5) is 29.9. The molecule has 3 rings (SSSR count). The van der Waals surface area contributed by atoms with Gasteiger partial charge in [-0.25, -0.2) is 4.79 Å². The molecule has 1 aromatic heterocycles. The number of ether oxygens (including phenoxy) is 1. The van der Waals surface area contributed by atoms with Crippen LogP contribution in [0.25, 0.3) is 0 Å². The molecule has 6 nitrogen and oxygen atoms in total. The van der Waals surface area contributed by atoms with E-state index < -0.39 is 11.6 Å². The van der Waals surface area contributed by atoms with Crippen LogP contribution in [0.4, 0.5) is 4.79 Å². The minimum absolute atomic E-state index is 0. The number of Topliss-reactive ketones (excluding diaryl/α,β-unsaturated/α-hetero) is 1. The fraction of sp³-hybridized carbons (Fsp3) is 0.269. The van der Waals surface area contributed by atoms with Gasteiger partial charge in [-0.15, -0.1) is 12.4 Å². The molecule has 33 heavy (non-hydrogen) atoms. The van der Waals surface area contributed by atoms with Gasteiger partial charge in [0.15, 0.2) is 5.78 Å². The van der Waals surface area contributed by atoms with Crippen molar-refractivity contribution in [1.29, 1.82) is 0 Å². The lowest BCUT2D eigenvalue weighted by Crippen LogP contribution is -2.54. The first kappa shape index (κ1) is 25.9. The number of hydrogen-bond acceptors (Lipinski definition) is 5. The van der Waals surface area contributed by atoms with E-state index in [1.165, 1.54) is 0 Å². The summed E-state index contributed by atoms with van der Waals surface area (Å²) >= 11 is 0. The summed E-state index contributed by atoms with van der Waals surface area (Å²) in [6, 6.07) is 19.9. The number of phenolic OH excluding ortho intramolecular Hbond substituents is 1. The van der Waals surface area contributed by atoms with E-state index in [1.807, 2.05) is 37.3 Å². The number of halogens is 1. The minimum atomic E-state index is -1.17. The Hall–Kier alpha value is -3.38. The Balaban J connectivity index is 0.00000385. The molecule has 174 valence electrons. The second kappa shape index (κ2) is 12.0. The highest BCUT2D eigenvalue weighted by Crippen LogP contribution is 2.25. The normalized spacial score (nSPS) is 13.2. The monoisotopic (exact) mass is 468 g/mol. The fourth-order valence-electron chi connectivity index (χ4n) is 3.53. The lowest BCUT2D eigenvalue weighted by Gasteiger charge is -2.30. The zero-order valence-electron chi connectivity index (χ0n) is 18.7. The molecule has 0 bridgehead atoms. The van der Waals surface area contributed by atoms with Crippen LogP contribution >= 0.6 is 12.4 Å². The molecule has 0 radical (unpaired) electrons. The molecular formula is C26H29ClN2O4. The number of carbonyl (C=O) groups is 2. The molecular weight excluding hydrogens is 440 g/mol. The molecule has 1 heterocycles. The molecule has 0 saturated heterocycles. The number of ketones is 1. The third-order valence-electron chi connectivity index (χ3n) is 5.47. The Morgan fingerprint density at radius 1 is 1.00 bits per heavy atom. The lowest BCUT2D eigenvalue weighted by molar-refractivity contribution is -0.125. The van der Waals surface area contributed by atoms with Gasteiger partial charge in [-0.3, -0.25) is 9.78 Å². The molecule has 0 saturated carbocycles. The SMILES string of the molecule is C[C@H](CC(=O)[C@](C)(Cc1ccc(O)cc1)NC(=O)OCc1ccncc1)c1ccccc1.Cl. The molecule has 0 aliphatic heterocycles. The smallest absolute Gasteiger partial charge is 0.408 e. The van der Waals surface area contributed by atoms with Gasteiger partial charge in [0.25, 0.3) is 0 Å². The van der Waals surface area contributed by atoms with Crippen LogP contribution in [0.5, 0.6) is 5.75 Å². The third kappa shape index (κ3) is 7.61. The highest BCUT2D eigenvalue weighted by atomic mass is 35.5. The van der Waals surface area contributed by atoms with Crippen molar-refractivity contribution in [2.75, 3.05) is 0 Å². The van der Waals surface area contributed by atoms with Crippen LogP contribution in [0.3, 0.4) is 0 Å². The summed E-state index contributed by atoms with van der Waals surface area (Å²) in [7, 11) is 0. The number of nitrogens with zero attached hydrogens (tertiary/aromatic N) is 1. The maximum Gasteiger partial charge on any atom is 0.408 e. The van der Waals surface area contributed by atoms with Gasteiger partial charge in [0, 0.05) is 25.2 Å². The van der Waals surface area contributed by atoms with Gasteiger partial charge in [0.05, 0.1) is 0 Å². The molecule has 1 amide bonds. The standard InChI is InChI=1S/C26H28N2O4.ClH/c1-19(22-6-4-3-5-7-22)16-24(30)26(2,17-20-8-10-23(29)11-9-20)28-25(31)32-18-21-12-14-27-15-13-21;/h3-15,19,29H,16-18H2,1-2H3,(H,28,31);1H/t19-,26+;/m1./s1. The van der Waals surface area contributed by atoms with Gasteiger partial charge in [0.1, 0.15) is 17.9 Å². The number of hydrogen-bond donors (Lipinski definition) is 2. The van der Waals surface area contributed by atoms with E-state index in [9.17, 15) is 14.7 Å². The van der Waals surface area contributed by atoms with E-state index in [0.717, 1.165) is 16.7 Å². The van der Waals surface area contributed by atoms with E-state index in [-0.39, 0.29) is 49.3 Å². The number of amides is 1. The number of aromatic nitrogens is 1. The van der Waals surface area contributed by atoms with Crippen LogP contribution < -0.4 is 5.32 Å². The van der Waals surface area contributed by atoms with Crippen molar-refractivity contribution in [3.8, 4) is 5.75 Å². The number of pyridine rings is 1. The first-order chi connectivity index (χ1) is 15.4. The average Bonchev–Trinajstić information content (AvgIpc) is 2.80. The van der Waals surface area contributed by atoms with E-state index >= 15 is 0 Å². The highest BCUT2D eigenvalue weighted by Gasteiger charge is 2.36. The van der Waals surface area contributed by atoms with Crippen LogP contribution in [0.1, 0.15) is 42.9 Å². The van der Waals surface area contributed by atoms with Crippen molar-refractivity contribution in [2.45, 2.75) is 44.8 Å². The number of benzene rings is 2. The summed E-state index contributed by atoms with van der Waals surface area (Å²) in [5, 5.41) is 12.4. The minimum Gasteiger partial charge on any atom is -0.508 e. The topological polar surface area (TPSA) is 88.5 Å². The Morgan fingerprint density at radius 2 is 1.64 bits per heavy atom. The molecule has 7 heteroatoms. The summed E-state index contributed by atoms with van der Waals surface area (Å²) in [6.07, 6.45) is 3.13. The maximum absolute atomic E-state index is 13.4. The Bertz CT molecular complexity index is 1030. The number of carbonyl (C=O) groups excluding carboxylic acids is 2. The van der Waals surface area contributed by atoms with Gasteiger partial charge < -0.3 is 15.2 Å². The quantitative estimate of drug-likeness (QED) is 0.450. The average molecular weight is 469 g/mol. The Labute approximate surface area is 200 Å². The Kier molecular flexibility index (Phi) is 9.43. The third-order valence-corrected chi connectivity index (χ3v) is 5.47. The van der Waals surface area contributed by atoms with Crippen LogP contribution in [0, 0.1) is 0 Å². The number of alkyl carbamates (subject to hydrolysis) is 1. The predicted octanol–water partition coefficient (Wildman–Crippen LogP) is 5.20. The van der Waals surface area contributed by atoms with Gasteiger partial charge in [-0.1, -0.05) is 49.4 Å². The van der Waals surface area contributed by atoms with Gasteiger partial charge in [0.2, 0.25) is 0 Å². The van der Waals surface area contributed by atoms with E-state index in [4.69, 9.17) is 4.74 Å². The molecule has 2 atom stereocenters.